The Morgan fingerprint density at radius 2 is 2.20 bits per heavy atom. The summed E-state index contributed by atoms with van der Waals surface area (Å²) < 4.78 is 9.56. The lowest BCUT2D eigenvalue weighted by atomic mass is 10.0. The van der Waals surface area contributed by atoms with Crippen molar-refractivity contribution in [2.45, 2.75) is 38.3 Å². The number of hydrogen-bond donors (Lipinski definition) is 0. The summed E-state index contributed by atoms with van der Waals surface area (Å²) in [7, 11) is 3.65. The summed E-state index contributed by atoms with van der Waals surface area (Å²) in [6.07, 6.45) is 8.79. The predicted molar refractivity (Wildman–Crippen MR) is 77.7 cm³/mol. The van der Waals surface area contributed by atoms with Crippen LogP contribution in [0.15, 0.2) is 23.3 Å². The monoisotopic (exact) mass is 275 g/mol. The Kier molecular flexibility index (Phi) is 3.61. The molecule has 2 aromatic rings. The van der Waals surface area contributed by atoms with Crippen LogP contribution in [0.25, 0.3) is 11.0 Å². The first kappa shape index (κ1) is 13.4. The smallest absolute Gasteiger partial charge is 0.192 e. The highest BCUT2D eigenvalue weighted by Gasteiger charge is 2.25. The number of aromatic nitrogens is 3. The Morgan fingerprint density at radius 1 is 1.45 bits per heavy atom. The van der Waals surface area contributed by atoms with Crippen LogP contribution in [0, 0.1) is 5.92 Å². The molecular formula is C15H21N3O2. The van der Waals surface area contributed by atoms with Gasteiger partial charge >= 0.3 is 0 Å². The zero-order valence-corrected chi connectivity index (χ0v) is 12.1. The number of ether oxygens (including phenoxy) is 1. The van der Waals surface area contributed by atoms with Gasteiger partial charge in [0.15, 0.2) is 5.43 Å². The molecule has 0 bridgehead atoms. The Labute approximate surface area is 118 Å². The lowest BCUT2D eigenvalue weighted by Crippen LogP contribution is -2.27. The number of rotatable bonds is 4. The van der Waals surface area contributed by atoms with Gasteiger partial charge < -0.3 is 9.30 Å². The Hall–Kier alpha value is -1.62. The van der Waals surface area contributed by atoms with Crippen LogP contribution in [-0.2, 0) is 18.3 Å². The molecule has 1 atom stereocenters. The first-order valence-electron chi connectivity index (χ1n) is 7.24. The quantitative estimate of drug-likeness (QED) is 0.857. The van der Waals surface area contributed by atoms with Gasteiger partial charge in [-0.25, -0.2) is 0 Å². The topological polar surface area (TPSA) is 49.1 Å². The number of pyridine rings is 1. The van der Waals surface area contributed by atoms with Crippen molar-refractivity contribution >= 4 is 11.0 Å². The van der Waals surface area contributed by atoms with Crippen molar-refractivity contribution in [3.8, 4) is 0 Å². The SMILES string of the molecule is COC(Cn1ccc(=O)c2cnn(C)c21)C1CCCC1. The minimum atomic E-state index is 0.0270. The highest BCUT2D eigenvalue weighted by atomic mass is 16.5. The van der Waals surface area contributed by atoms with Crippen LogP contribution in [0.4, 0.5) is 0 Å². The average Bonchev–Trinajstić information content (AvgIpc) is 3.09. The standard InChI is InChI=1S/C15H21N3O2/c1-17-15-12(9-16-17)13(19)7-8-18(15)10-14(20-2)11-5-3-4-6-11/h7-9,11,14H,3-6,10H2,1-2H3. The maximum atomic E-state index is 11.9. The van der Waals surface area contributed by atoms with Crippen molar-refractivity contribution < 1.29 is 4.74 Å². The van der Waals surface area contributed by atoms with E-state index < -0.39 is 0 Å². The van der Waals surface area contributed by atoms with Crippen molar-refractivity contribution in [3.05, 3.63) is 28.7 Å². The third-order valence-electron chi connectivity index (χ3n) is 4.46. The van der Waals surface area contributed by atoms with E-state index in [1.54, 1.807) is 24.1 Å². The summed E-state index contributed by atoms with van der Waals surface area (Å²) in [4.78, 5) is 11.9. The van der Waals surface area contributed by atoms with Crippen LogP contribution in [0.5, 0.6) is 0 Å². The molecule has 5 nitrogen and oxygen atoms in total. The Bertz CT molecular complexity index is 653. The largest absolute Gasteiger partial charge is 0.379 e. The van der Waals surface area contributed by atoms with E-state index in [1.807, 2.05) is 13.2 Å². The summed E-state index contributed by atoms with van der Waals surface area (Å²) in [5, 5.41) is 4.88. The summed E-state index contributed by atoms with van der Waals surface area (Å²) in [5.41, 5.74) is 0.900. The normalized spacial score (nSPS) is 17.9. The summed E-state index contributed by atoms with van der Waals surface area (Å²) >= 11 is 0. The van der Waals surface area contributed by atoms with Gasteiger partial charge in [-0.1, -0.05) is 12.8 Å². The zero-order chi connectivity index (χ0) is 14.1. The summed E-state index contributed by atoms with van der Waals surface area (Å²) in [5.74, 6) is 0.628. The zero-order valence-electron chi connectivity index (χ0n) is 12.1. The molecule has 3 rings (SSSR count). The van der Waals surface area contributed by atoms with E-state index in [-0.39, 0.29) is 11.5 Å². The van der Waals surface area contributed by atoms with Crippen LogP contribution >= 0.6 is 0 Å². The van der Waals surface area contributed by atoms with E-state index in [0.717, 1.165) is 12.2 Å². The second-order valence-electron chi connectivity index (χ2n) is 5.66. The first-order chi connectivity index (χ1) is 9.70. The minimum absolute atomic E-state index is 0.0270. The maximum absolute atomic E-state index is 11.9. The van der Waals surface area contributed by atoms with E-state index in [9.17, 15) is 4.79 Å². The fourth-order valence-corrected chi connectivity index (χ4v) is 3.35. The van der Waals surface area contributed by atoms with Gasteiger partial charge in [-0.15, -0.1) is 0 Å². The van der Waals surface area contributed by atoms with Crippen LogP contribution in [0.3, 0.4) is 0 Å². The van der Waals surface area contributed by atoms with E-state index >= 15 is 0 Å². The molecule has 1 aliphatic carbocycles. The van der Waals surface area contributed by atoms with Gasteiger partial charge in [-0.3, -0.25) is 9.48 Å². The number of fused-ring (bicyclic) bond motifs is 1. The van der Waals surface area contributed by atoms with Crippen LogP contribution < -0.4 is 5.43 Å². The van der Waals surface area contributed by atoms with Crippen molar-refractivity contribution in [3.63, 3.8) is 0 Å². The maximum Gasteiger partial charge on any atom is 0.192 e. The molecule has 1 unspecified atom stereocenters. The molecule has 5 heteroatoms. The first-order valence-corrected chi connectivity index (χ1v) is 7.24. The molecule has 0 amide bonds. The molecule has 0 aromatic carbocycles. The van der Waals surface area contributed by atoms with Crippen LogP contribution in [0.2, 0.25) is 0 Å². The van der Waals surface area contributed by atoms with Gasteiger partial charge in [0.05, 0.1) is 24.2 Å². The van der Waals surface area contributed by atoms with E-state index in [4.69, 9.17) is 4.74 Å². The number of hydrogen-bond acceptors (Lipinski definition) is 3. The van der Waals surface area contributed by atoms with Gasteiger partial charge in [0.2, 0.25) is 0 Å². The lowest BCUT2D eigenvalue weighted by Gasteiger charge is -2.23. The molecule has 1 fully saturated rings. The molecule has 108 valence electrons. The van der Waals surface area contributed by atoms with Crippen molar-refractivity contribution in [1.82, 2.24) is 14.3 Å². The molecule has 1 saturated carbocycles. The number of methoxy groups -OCH3 is 1. The van der Waals surface area contributed by atoms with Crippen LogP contribution in [0.1, 0.15) is 25.7 Å². The fraction of sp³-hybridized carbons (Fsp3) is 0.600. The highest BCUT2D eigenvalue weighted by Crippen LogP contribution is 2.30. The third-order valence-corrected chi connectivity index (χ3v) is 4.46. The van der Waals surface area contributed by atoms with E-state index in [2.05, 4.69) is 9.67 Å². The summed E-state index contributed by atoms with van der Waals surface area (Å²) in [6, 6.07) is 1.62. The molecule has 2 aromatic heterocycles. The minimum Gasteiger partial charge on any atom is -0.379 e. The van der Waals surface area contributed by atoms with Crippen molar-refractivity contribution in [2.75, 3.05) is 7.11 Å². The van der Waals surface area contributed by atoms with Gasteiger partial charge in [0.1, 0.15) is 5.65 Å². The van der Waals surface area contributed by atoms with Crippen molar-refractivity contribution in [1.29, 1.82) is 0 Å². The summed E-state index contributed by atoms with van der Waals surface area (Å²) in [6.45, 7) is 0.775. The number of nitrogens with zero attached hydrogens (tertiary/aromatic N) is 3. The van der Waals surface area contributed by atoms with E-state index in [1.165, 1.54) is 25.7 Å². The third kappa shape index (κ3) is 2.26. The molecule has 0 N–H and O–H groups in total. The van der Waals surface area contributed by atoms with Crippen molar-refractivity contribution in [2.24, 2.45) is 13.0 Å². The lowest BCUT2D eigenvalue weighted by molar-refractivity contribution is 0.0414. The Morgan fingerprint density at radius 3 is 2.90 bits per heavy atom. The molecule has 1 aliphatic rings. The van der Waals surface area contributed by atoms with Gasteiger partial charge in [-0.05, 0) is 18.8 Å². The van der Waals surface area contributed by atoms with Gasteiger partial charge in [-0.2, -0.15) is 5.10 Å². The molecule has 0 spiro atoms. The highest BCUT2D eigenvalue weighted by molar-refractivity contribution is 5.74. The number of aryl methyl sites for hydroxylation is 1. The molecule has 0 radical (unpaired) electrons. The average molecular weight is 275 g/mol. The van der Waals surface area contributed by atoms with Gasteiger partial charge in [0.25, 0.3) is 0 Å². The van der Waals surface area contributed by atoms with E-state index in [0.29, 0.717) is 11.3 Å². The second-order valence-corrected chi connectivity index (χ2v) is 5.66. The molecular weight excluding hydrogens is 254 g/mol. The predicted octanol–water partition coefficient (Wildman–Crippen LogP) is 1.94. The molecule has 2 heterocycles. The van der Waals surface area contributed by atoms with Gasteiger partial charge in [0, 0.05) is 26.4 Å². The molecule has 0 aliphatic heterocycles. The fourth-order valence-electron chi connectivity index (χ4n) is 3.35. The molecule has 0 saturated heterocycles. The molecule has 20 heavy (non-hydrogen) atoms. The van der Waals surface area contributed by atoms with Crippen LogP contribution in [-0.4, -0.2) is 27.6 Å². The second kappa shape index (κ2) is 5.40. The Balaban J connectivity index is 1.95.